The van der Waals surface area contributed by atoms with Crippen molar-refractivity contribution >= 4 is 5.97 Å². The van der Waals surface area contributed by atoms with E-state index in [4.69, 9.17) is 9.15 Å². The van der Waals surface area contributed by atoms with Gasteiger partial charge in [0.05, 0.1) is 24.8 Å². The molecule has 0 aliphatic rings. The molecule has 0 aliphatic carbocycles. The van der Waals surface area contributed by atoms with Crippen LogP contribution in [0.3, 0.4) is 0 Å². The summed E-state index contributed by atoms with van der Waals surface area (Å²) in [5.41, 5.74) is -0.291. The van der Waals surface area contributed by atoms with E-state index in [1.807, 2.05) is 24.3 Å². The third-order valence-corrected chi connectivity index (χ3v) is 3.35. The second kappa shape index (κ2) is 8.34. The summed E-state index contributed by atoms with van der Waals surface area (Å²) in [6, 6.07) is 0. The highest BCUT2D eigenvalue weighted by atomic mass is 16.5. The van der Waals surface area contributed by atoms with E-state index in [-0.39, 0.29) is 0 Å². The summed E-state index contributed by atoms with van der Waals surface area (Å²) < 4.78 is 9.81. The number of allylic oxidation sites excluding steroid dienone is 5. The molecular weight excluding hydrogens is 282 g/mol. The molecule has 1 unspecified atom stereocenters. The first-order valence-corrected chi connectivity index (χ1v) is 7.03. The molecule has 1 atom stereocenters. The first-order valence-electron chi connectivity index (χ1n) is 7.03. The van der Waals surface area contributed by atoms with Crippen LogP contribution in [0.1, 0.15) is 26.5 Å². The zero-order chi connectivity index (χ0) is 16.6. The van der Waals surface area contributed by atoms with Crippen LogP contribution in [-0.2, 0) is 16.0 Å². The minimum Gasteiger partial charge on any atom is -0.469 e. The van der Waals surface area contributed by atoms with Gasteiger partial charge in [-0.05, 0) is 26.3 Å². The van der Waals surface area contributed by atoms with Crippen molar-refractivity contribution in [3.63, 3.8) is 0 Å². The van der Waals surface area contributed by atoms with E-state index in [9.17, 15) is 9.90 Å². The number of ether oxygens (including phenoxy) is 1. The molecule has 0 bridgehead atoms. The van der Waals surface area contributed by atoms with Crippen LogP contribution < -0.4 is 0 Å². The first kappa shape index (κ1) is 17.9. The molecule has 1 heterocycles. The summed E-state index contributed by atoms with van der Waals surface area (Å²) in [5.74, 6) is 0.357. The number of esters is 1. The van der Waals surface area contributed by atoms with E-state index in [2.05, 4.69) is 4.98 Å². The van der Waals surface area contributed by atoms with Gasteiger partial charge >= 0.3 is 5.97 Å². The zero-order valence-electron chi connectivity index (χ0n) is 13.4. The van der Waals surface area contributed by atoms with Crippen LogP contribution in [0.5, 0.6) is 0 Å². The molecule has 0 radical (unpaired) electrons. The molecule has 22 heavy (non-hydrogen) atoms. The molecule has 120 valence electrons. The zero-order valence-corrected chi connectivity index (χ0v) is 13.4. The van der Waals surface area contributed by atoms with Crippen LogP contribution in [0, 0.1) is 5.41 Å². The highest BCUT2D eigenvalue weighted by molar-refractivity contribution is 5.77. The van der Waals surface area contributed by atoms with Crippen molar-refractivity contribution in [1.82, 2.24) is 4.98 Å². The molecule has 5 heteroatoms. The quantitative estimate of drug-likeness (QED) is 0.619. The van der Waals surface area contributed by atoms with E-state index < -0.39 is 17.5 Å². The van der Waals surface area contributed by atoms with Gasteiger partial charge in [0.25, 0.3) is 0 Å². The summed E-state index contributed by atoms with van der Waals surface area (Å²) in [5, 5.41) is 10.2. The summed E-state index contributed by atoms with van der Waals surface area (Å²) in [6.07, 6.45) is 12.1. The van der Waals surface area contributed by atoms with E-state index in [1.165, 1.54) is 13.5 Å². The molecule has 0 saturated carbocycles. The van der Waals surface area contributed by atoms with E-state index in [1.54, 1.807) is 33.0 Å². The number of aliphatic hydroxyl groups excluding tert-OH is 1. The van der Waals surface area contributed by atoms with E-state index >= 15 is 0 Å². The maximum absolute atomic E-state index is 11.7. The van der Waals surface area contributed by atoms with Crippen molar-refractivity contribution in [1.29, 1.82) is 0 Å². The van der Waals surface area contributed by atoms with E-state index in [0.717, 1.165) is 5.76 Å². The van der Waals surface area contributed by atoms with Gasteiger partial charge in [-0.15, -0.1) is 0 Å². The maximum atomic E-state index is 11.7. The Hall–Kier alpha value is -2.14. The predicted octanol–water partition coefficient (Wildman–Crippen LogP) is 2.84. The van der Waals surface area contributed by atoms with Gasteiger partial charge < -0.3 is 14.3 Å². The Morgan fingerprint density at radius 2 is 2.18 bits per heavy atom. The fraction of sp³-hybridized carbons (Fsp3) is 0.412. The summed E-state index contributed by atoms with van der Waals surface area (Å²) in [6.45, 7) is 5.08. The van der Waals surface area contributed by atoms with Crippen LogP contribution >= 0.6 is 0 Å². The lowest BCUT2D eigenvalue weighted by Gasteiger charge is -2.28. The highest BCUT2D eigenvalue weighted by Crippen LogP contribution is 2.27. The van der Waals surface area contributed by atoms with Crippen LogP contribution in [-0.4, -0.2) is 29.3 Å². The minimum atomic E-state index is -0.981. The van der Waals surface area contributed by atoms with Crippen molar-refractivity contribution in [2.24, 2.45) is 5.41 Å². The van der Waals surface area contributed by atoms with Crippen molar-refractivity contribution in [3.8, 4) is 0 Å². The summed E-state index contributed by atoms with van der Waals surface area (Å²) >= 11 is 0. The number of nitrogens with zero attached hydrogens (tertiary/aromatic N) is 1. The fourth-order valence-electron chi connectivity index (χ4n) is 1.91. The standard InChI is InChI=1S/C17H23NO4/c1-13(15(19)17(2,3)16(20)21-4)9-7-5-6-8-10-14-11-18-12-22-14/h5-9,11-12,15,19H,10H2,1-4H3/b7-5-,8-6+,13-9-. The monoisotopic (exact) mass is 305 g/mol. The largest absolute Gasteiger partial charge is 0.469 e. The lowest BCUT2D eigenvalue weighted by molar-refractivity contribution is -0.155. The third-order valence-electron chi connectivity index (χ3n) is 3.35. The van der Waals surface area contributed by atoms with Gasteiger partial charge in [0.1, 0.15) is 5.76 Å². The van der Waals surface area contributed by atoms with E-state index in [0.29, 0.717) is 12.0 Å². The number of oxazole rings is 1. The Bertz CT molecular complexity index is 553. The molecule has 0 fully saturated rings. The topological polar surface area (TPSA) is 72.6 Å². The van der Waals surface area contributed by atoms with Crippen LogP contribution in [0.4, 0.5) is 0 Å². The SMILES string of the molecule is COC(=O)C(C)(C)C(O)\C(C)=C/C=C\C=C\Cc1cnco1. The number of aliphatic hydroxyl groups is 1. The fourth-order valence-corrected chi connectivity index (χ4v) is 1.91. The number of rotatable bonds is 7. The van der Waals surface area contributed by atoms with Crippen molar-refractivity contribution < 1.29 is 19.1 Å². The molecule has 1 rings (SSSR count). The molecule has 1 aromatic heterocycles. The van der Waals surface area contributed by atoms with Gasteiger partial charge in [-0.2, -0.15) is 0 Å². The predicted molar refractivity (Wildman–Crippen MR) is 84.0 cm³/mol. The number of hydrogen-bond acceptors (Lipinski definition) is 5. The molecular formula is C17H23NO4. The second-order valence-electron chi connectivity index (χ2n) is 5.51. The highest BCUT2D eigenvalue weighted by Gasteiger charge is 2.37. The Morgan fingerprint density at radius 1 is 1.45 bits per heavy atom. The van der Waals surface area contributed by atoms with Crippen molar-refractivity contribution in [2.75, 3.05) is 7.11 Å². The van der Waals surface area contributed by atoms with Crippen LogP contribution in [0.2, 0.25) is 0 Å². The molecule has 0 aliphatic heterocycles. The smallest absolute Gasteiger partial charge is 0.314 e. The molecule has 1 N–H and O–H groups in total. The number of carbonyl (C=O) groups is 1. The first-order chi connectivity index (χ1) is 10.4. The molecule has 0 amide bonds. The lowest BCUT2D eigenvalue weighted by atomic mass is 9.83. The molecule has 5 nitrogen and oxygen atoms in total. The Labute approximate surface area is 131 Å². The van der Waals surface area contributed by atoms with Crippen LogP contribution in [0.25, 0.3) is 0 Å². The average molecular weight is 305 g/mol. The van der Waals surface area contributed by atoms with Gasteiger partial charge in [0.2, 0.25) is 0 Å². The average Bonchev–Trinajstić information content (AvgIpc) is 3.01. The van der Waals surface area contributed by atoms with Crippen molar-refractivity contribution in [2.45, 2.75) is 33.3 Å². The Kier molecular flexibility index (Phi) is 6.79. The van der Waals surface area contributed by atoms with Gasteiger partial charge in [0, 0.05) is 6.42 Å². The minimum absolute atomic E-state index is 0.441. The number of aromatic nitrogens is 1. The third kappa shape index (κ3) is 5.00. The Balaban J connectivity index is 2.55. The molecule has 0 aromatic carbocycles. The maximum Gasteiger partial charge on any atom is 0.314 e. The molecule has 0 saturated heterocycles. The van der Waals surface area contributed by atoms with Crippen molar-refractivity contribution in [3.05, 3.63) is 54.3 Å². The molecule has 1 aromatic rings. The lowest BCUT2D eigenvalue weighted by Crippen LogP contribution is -2.38. The number of methoxy groups -OCH3 is 1. The van der Waals surface area contributed by atoms with Crippen LogP contribution in [0.15, 0.2) is 53.0 Å². The second-order valence-corrected chi connectivity index (χ2v) is 5.51. The van der Waals surface area contributed by atoms with Gasteiger partial charge in [-0.1, -0.05) is 30.4 Å². The van der Waals surface area contributed by atoms with Gasteiger partial charge in [-0.3, -0.25) is 4.79 Å². The normalized spacial score (nSPS) is 14.7. The number of carbonyl (C=O) groups excluding carboxylic acids is 1. The van der Waals surface area contributed by atoms with Gasteiger partial charge in [-0.25, -0.2) is 4.98 Å². The summed E-state index contributed by atoms with van der Waals surface area (Å²) in [7, 11) is 1.31. The van der Waals surface area contributed by atoms with Gasteiger partial charge in [0.15, 0.2) is 6.39 Å². The molecule has 0 spiro atoms. The Morgan fingerprint density at radius 3 is 2.77 bits per heavy atom. The summed E-state index contributed by atoms with van der Waals surface area (Å²) in [4.78, 5) is 15.5. The number of hydrogen-bond donors (Lipinski definition) is 1.